The molecule has 0 bridgehead atoms. The molecule has 0 saturated heterocycles. The third-order valence-corrected chi connectivity index (χ3v) is 2.22. The minimum absolute atomic E-state index is 0.126. The number of hydrogen-bond acceptors (Lipinski definition) is 3. The lowest BCUT2D eigenvalue weighted by Crippen LogP contribution is -2.31. The average Bonchev–Trinajstić information content (AvgIpc) is 2.31. The molecule has 0 spiro atoms. The molecule has 1 aromatic rings. The number of nitrogens with zero attached hydrogens (tertiary/aromatic N) is 1. The number of hydrogen-bond donors (Lipinski definition) is 3. The van der Waals surface area contributed by atoms with Gasteiger partial charge in [-0.1, -0.05) is 6.08 Å². The van der Waals surface area contributed by atoms with Crippen LogP contribution in [0.5, 0.6) is 5.75 Å². The van der Waals surface area contributed by atoms with Crippen LogP contribution >= 0.6 is 0 Å². The van der Waals surface area contributed by atoms with Crippen LogP contribution in [-0.2, 0) is 0 Å². The fourth-order valence-corrected chi connectivity index (χ4v) is 1.31. The fourth-order valence-electron chi connectivity index (χ4n) is 1.31. The summed E-state index contributed by atoms with van der Waals surface area (Å²) in [6.07, 6.45) is 1.55. The largest absolute Gasteiger partial charge is 0.508 e. The number of carboxylic acid groups (broad SMARTS) is 1. The maximum atomic E-state index is 11.7. The summed E-state index contributed by atoms with van der Waals surface area (Å²) in [5.41, 5.74) is -0.0448. The lowest BCUT2D eigenvalue weighted by Gasteiger charge is -2.16. The van der Waals surface area contributed by atoms with Gasteiger partial charge in [-0.25, -0.2) is 9.59 Å². The van der Waals surface area contributed by atoms with Crippen LogP contribution in [0.25, 0.3) is 0 Å². The van der Waals surface area contributed by atoms with Gasteiger partial charge in [-0.15, -0.1) is 6.58 Å². The van der Waals surface area contributed by atoms with Crippen molar-refractivity contribution >= 4 is 17.7 Å². The SMILES string of the molecule is C=CCN(C)C(=O)Nc1ccc(O)cc1C(=O)O. The molecule has 0 atom stereocenters. The molecule has 18 heavy (non-hydrogen) atoms. The quantitative estimate of drug-likeness (QED) is 0.561. The van der Waals surface area contributed by atoms with E-state index in [0.717, 1.165) is 6.07 Å². The van der Waals surface area contributed by atoms with Crippen molar-refractivity contribution in [2.24, 2.45) is 0 Å². The first-order valence-corrected chi connectivity index (χ1v) is 5.15. The Morgan fingerprint density at radius 2 is 2.17 bits per heavy atom. The summed E-state index contributed by atoms with van der Waals surface area (Å²) in [7, 11) is 1.55. The van der Waals surface area contributed by atoms with Gasteiger partial charge in [0.25, 0.3) is 0 Å². The van der Waals surface area contributed by atoms with E-state index in [-0.39, 0.29) is 17.0 Å². The molecular weight excluding hydrogens is 236 g/mol. The van der Waals surface area contributed by atoms with Crippen molar-refractivity contribution in [3.05, 3.63) is 36.4 Å². The van der Waals surface area contributed by atoms with Gasteiger partial charge in [0.1, 0.15) is 5.75 Å². The van der Waals surface area contributed by atoms with E-state index in [2.05, 4.69) is 11.9 Å². The van der Waals surface area contributed by atoms with Gasteiger partial charge in [0.05, 0.1) is 11.3 Å². The first kappa shape index (κ1) is 13.6. The summed E-state index contributed by atoms with van der Waals surface area (Å²) in [5.74, 6) is -1.41. The summed E-state index contributed by atoms with van der Waals surface area (Å²) in [5, 5.41) is 20.6. The van der Waals surface area contributed by atoms with Crippen molar-refractivity contribution in [3.63, 3.8) is 0 Å². The second-order valence-electron chi connectivity index (χ2n) is 3.63. The summed E-state index contributed by atoms with van der Waals surface area (Å²) in [6, 6.07) is 3.25. The Bertz CT molecular complexity index is 485. The molecule has 0 fully saturated rings. The summed E-state index contributed by atoms with van der Waals surface area (Å²) in [4.78, 5) is 24.0. The van der Waals surface area contributed by atoms with Gasteiger partial charge in [-0.3, -0.25) is 0 Å². The second kappa shape index (κ2) is 5.72. The topological polar surface area (TPSA) is 89.9 Å². The molecular formula is C12H14N2O4. The first-order chi connectivity index (χ1) is 8.45. The van der Waals surface area contributed by atoms with Crippen LogP contribution in [0.2, 0.25) is 0 Å². The molecule has 0 radical (unpaired) electrons. The number of anilines is 1. The van der Waals surface area contributed by atoms with E-state index >= 15 is 0 Å². The Balaban J connectivity index is 2.93. The molecule has 1 aromatic carbocycles. The number of carboxylic acids is 1. The van der Waals surface area contributed by atoms with Gasteiger partial charge in [0.2, 0.25) is 0 Å². The third kappa shape index (κ3) is 3.24. The summed E-state index contributed by atoms with van der Waals surface area (Å²) < 4.78 is 0. The van der Waals surface area contributed by atoms with Crippen LogP contribution in [0.15, 0.2) is 30.9 Å². The molecule has 0 aliphatic rings. The number of phenols is 1. The zero-order valence-corrected chi connectivity index (χ0v) is 9.88. The monoisotopic (exact) mass is 250 g/mol. The van der Waals surface area contributed by atoms with Crippen molar-refractivity contribution in [1.29, 1.82) is 0 Å². The van der Waals surface area contributed by atoms with Crippen LogP contribution in [0, 0.1) is 0 Å². The van der Waals surface area contributed by atoms with Gasteiger partial charge in [0.15, 0.2) is 0 Å². The number of aromatic carboxylic acids is 1. The second-order valence-corrected chi connectivity index (χ2v) is 3.63. The highest BCUT2D eigenvalue weighted by Gasteiger charge is 2.14. The molecule has 0 heterocycles. The fraction of sp³-hybridized carbons (Fsp3) is 0.167. The molecule has 0 aromatic heterocycles. The number of urea groups is 1. The minimum Gasteiger partial charge on any atom is -0.508 e. The van der Waals surface area contributed by atoms with Crippen LogP contribution in [0.4, 0.5) is 10.5 Å². The molecule has 2 amide bonds. The maximum absolute atomic E-state index is 11.7. The number of likely N-dealkylation sites (N-methyl/N-ethyl adjacent to an activating group) is 1. The summed E-state index contributed by atoms with van der Waals surface area (Å²) in [6.45, 7) is 3.84. The first-order valence-electron chi connectivity index (χ1n) is 5.15. The Morgan fingerprint density at radius 1 is 1.50 bits per heavy atom. The highest BCUT2D eigenvalue weighted by atomic mass is 16.4. The number of carbonyl (C=O) groups excluding carboxylic acids is 1. The number of amides is 2. The maximum Gasteiger partial charge on any atom is 0.337 e. The predicted molar refractivity (Wildman–Crippen MR) is 66.9 cm³/mol. The molecule has 6 nitrogen and oxygen atoms in total. The normalized spacial score (nSPS) is 9.61. The van der Waals surface area contributed by atoms with Crippen molar-refractivity contribution in [2.75, 3.05) is 18.9 Å². The average molecular weight is 250 g/mol. The third-order valence-electron chi connectivity index (χ3n) is 2.22. The molecule has 1 rings (SSSR count). The number of aromatic hydroxyl groups is 1. The number of rotatable bonds is 4. The molecule has 0 aliphatic carbocycles. The van der Waals surface area contributed by atoms with Gasteiger partial charge in [0, 0.05) is 13.6 Å². The lowest BCUT2D eigenvalue weighted by atomic mass is 10.1. The Hall–Kier alpha value is -2.50. The van der Waals surface area contributed by atoms with Crippen LogP contribution < -0.4 is 5.32 Å². The highest BCUT2D eigenvalue weighted by molar-refractivity contribution is 6.00. The smallest absolute Gasteiger partial charge is 0.337 e. The zero-order valence-electron chi connectivity index (χ0n) is 9.88. The van der Waals surface area contributed by atoms with Crippen molar-refractivity contribution in [3.8, 4) is 5.75 Å². The van der Waals surface area contributed by atoms with Crippen molar-refractivity contribution in [2.45, 2.75) is 0 Å². The number of benzene rings is 1. The molecule has 0 aliphatic heterocycles. The predicted octanol–water partition coefficient (Wildman–Crippen LogP) is 1.74. The number of phenolic OH excluding ortho intramolecular Hbond substituents is 1. The number of nitrogens with one attached hydrogen (secondary N) is 1. The van der Waals surface area contributed by atoms with Gasteiger partial charge in [-0.05, 0) is 18.2 Å². The lowest BCUT2D eigenvalue weighted by molar-refractivity contribution is 0.0697. The van der Waals surface area contributed by atoms with Gasteiger partial charge >= 0.3 is 12.0 Å². The molecule has 0 saturated carbocycles. The Labute approximate surface area is 104 Å². The van der Waals surface area contributed by atoms with Crippen LogP contribution in [-0.4, -0.2) is 40.7 Å². The molecule has 96 valence electrons. The van der Waals surface area contributed by atoms with Crippen LogP contribution in [0.1, 0.15) is 10.4 Å². The van der Waals surface area contributed by atoms with E-state index in [9.17, 15) is 14.7 Å². The molecule has 6 heteroatoms. The van der Waals surface area contributed by atoms with Crippen molar-refractivity contribution < 1.29 is 19.8 Å². The van der Waals surface area contributed by atoms with E-state index in [0.29, 0.717) is 6.54 Å². The van der Waals surface area contributed by atoms with Crippen LogP contribution in [0.3, 0.4) is 0 Å². The van der Waals surface area contributed by atoms with E-state index in [1.165, 1.54) is 17.0 Å². The Kier molecular flexibility index (Phi) is 4.31. The Morgan fingerprint density at radius 3 is 2.72 bits per heavy atom. The van der Waals surface area contributed by atoms with E-state index in [1.54, 1.807) is 13.1 Å². The van der Waals surface area contributed by atoms with Gasteiger partial charge < -0.3 is 20.4 Å². The minimum atomic E-state index is -1.23. The van der Waals surface area contributed by atoms with E-state index in [4.69, 9.17) is 5.11 Å². The van der Waals surface area contributed by atoms with E-state index in [1.807, 2.05) is 0 Å². The molecule has 3 N–H and O–H groups in total. The zero-order chi connectivity index (χ0) is 13.7. The van der Waals surface area contributed by atoms with E-state index < -0.39 is 12.0 Å². The van der Waals surface area contributed by atoms with Gasteiger partial charge in [-0.2, -0.15) is 0 Å². The highest BCUT2D eigenvalue weighted by Crippen LogP contribution is 2.21. The van der Waals surface area contributed by atoms with Crippen molar-refractivity contribution in [1.82, 2.24) is 4.90 Å². The number of carbonyl (C=O) groups is 2. The molecule has 0 unspecified atom stereocenters. The standard InChI is InChI=1S/C12H14N2O4/c1-3-6-14(2)12(18)13-10-5-4-8(15)7-9(10)11(16)17/h3-5,7,15H,1,6H2,2H3,(H,13,18)(H,16,17). The summed E-state index contributed by atoms with van der Waals surface area (Å²) >= 11 is 0.